The van der Waals surface area contributed by atoms with Crippen LogP contribution < -0.4 is 10.5 Å². The maximum Gasteiger partial charge on any atom is 0.152 e. The Hall–Kier alpha value is -3.86. The van der Waals surface area contributed by atoms with E-state index in [0.29, 0.717) is 19.0 Å². The number of aromatic nitrogens is 3. The second-order valence-corrected chi connectivity index (χ2v) is 6.83. The standard InChI is InChI=1S/C24H20N4O/c25-23-21-22(19-13-7-8-14-20(19)26-23)28(15-16-29-18-11-5-2-6-12-18)24(27-21)17-9-3-1-4-10-17/h1-14H,15-16H2,(H2,25,26). The number of rotatable bonds is 5. The van der Waals surface area contributed by atoms with E-state index in [1.807, 2.05) is 66.7 Å². The molecule has 3 aromatic carbocycles. The molecule has 0 saturated heterocycles. The smallest absolute Gasteiger partial charge is 0.152 e. The van der Waals surface area contributed by atoms with E-state index in [1.165, 1.54) is 0 Å². The van der Waals surface area contributed by atoms with E-state index in [-0.39, 0.29) is 0 Å². The molecule has 0 saturated carbocycles. The lowest BCUT2D eigenvalue weighted by atomic mass is 10.2. The van der Waals surface area contributed by atoms with E-state index in [9.17, 15) is 0 Å². The van der Waals surface area contributed by atoms with Crippen LogP contribution in [0.4, 0.5) is 5.82 Å². The van der Waals surface area contributed by atoms with Gasteiger partial charge in [0.25, 0.3) is 0 Å². The Labute approximate surface area is 168 Å². The zero-order valence-corrected chi connectivity index (χ0v) is 15.8. The molecule has 5 rings (SSSR count). The van der Waals surface area contributed by atoms with Crippen molar-refractivity contribution in [1.82, 2.24) is 14.5 Å². The predicted molar refractivity (Wildman–Crippen MR) is 117 cm³/mol. The Balaban J connectivity index is 1.66. The van der Waals surface area contributed by atoms with Crippen LogP contribution in [0.15, 0.2) is 84.9 Å². The third-order valence-electron chi connectivity index (χ3n) is 4.97. The minimum absolute atomic E-state index is 0.443. The normalized spacial score (nSPS) is 11.2. The van der Waals surface area contributed by atoms with Gasteiger partial charge < -0.3 is 15.0 Å². The maximum absolute atomic E-state index is 6.28. The highest BCUT2D eigenvalue weighted by atomic mass is 16.5. The summed E-state index contributed by atoms with van der Waals surface area (Å²) in [6, 6.07) is 28.0. The second kappa shape index (κ2) is 7.28. The van der Waals surface area contributed by atoms with Gasteiger partial charge in [-0.25, -0.2) is 9.97 Å². The van der Waals surface area contributed by atoms with Crippen LogP contribution in [0.25, 0.3) is 33.3 Å². The fraction of sp³-hybridized carbons (Fsp3) is 0.0833. The van der Waals surface area contributed by atoms with Crippen molar-refractivity contribution in [3.63, 3.8) is 0 Å². The van der Waals surface area contributed by atoms with Crippen molar-refractivity contribution >= 4 is 27.8 Å². The fourth-order valence-corrected chi connectivity index (χ4v) is 3.66. The zero-order chi connectivity index (χ0) is 19.6. The highest BCUT2D eigenvalue weighted by Crippen LogP contribution is 2.32. The van der Waals surface area contributed by atoms with E-state index >= 15 is 0 Å². The number of fused-ring (bicyclic) bond motifs is 3. The Morgan fingerprint density at radius 2 is 1.48 bits per heavy atom. The van der Waals surface area contributed by atoms with Gasteiger partial charge in [0, 0.05) is 10.9 Å². The highest BCUT2D eigenvalue weighted by Gasteiger charge is 2.18. The molecule has 29 heavy (non-hydrogen) atoms. The molecule has 5 aromatic rings. The van der Waals surface area contributed by atoms with Crippen LogP contribution in [0.1, 0.15) is 0 Å². The van der Waals surface area contributed by atoms with Crippen LogP contribution in [0, 0.1) is 0 Å². The van der Waals surface area contributed by atoms with Crippen LogP contribution in [-0.2, 0) is 6.54 Å². The van der Waals surface area contributed by atoms with Gasteiger partial charge in [0.15, 0.2) is 5.82 Å². The number of nitrogen functional groups attached to an aromatic ring is 1. The number of anilines is 1. The minimum Gasteiger partial charge on any atom is -0.492 e. The molecule has 0 bridgehead atoms. The molecule has 0 spiro atoms. The average Bonchev–Trinajstić information content (AvgIpc) is 3.16. The molecule has 5 heteroatoms. The summed E-state index contributed by atoms with van der Waals surface area (Å²) in [5, 5.41) is 1.03. The van der Waals surface area contributed by atoms with E-state index in [1.54, 1.807) is 0 Å². The van der Waals surface area contributed by atoms with Gasteiger partial charge in [-0.15, -0.1) is 0 Å². The third kappa shape index (κ3) is 3.17. The van der Waals surface area contributed by atoms with E-state index in [0.717, 1.165) is 39.1 Å². The van der Waals surface area contributed by atoms with Gasteiger partial charge in [0.05, 0.1) is 17.6 Å². The molecule has 0 fully saturated rings. The topological polar surface area (TPSA) is 66.0 Å². The SMILES string of the molecule is Nc1nc2ccccc2c2c1nc(-c1ccccc1)n2CCOc1ccccc1. The number of hydrogen-bond donors (Lipinski definition) is 1. The summed E-state index contributed by atoms with van der Waals surface area (Å²) < 4.78 is 8.15. The number of pyridine rings is 1. The summed E-state index contributed by atoms with van der Waals surface area (Å²) in [5.41, 5.74) is 9.90. The van der Waals surface area contributed by atoms with Crippen LogP contribution in [0.3, 0.4) is 0 Å². The van der Waals surface area contributed by atoms with E-state index in [2.05, 4.69) is 27.8 Å². The van der Waals surface area contributed by atoms with Gasteiger partial charge in [-0.05, 0) is 18.2 Å². The van der Waals surface area contributed by atoms with Crippen LogP contribution in [0.2, 0.25) is 0 Å². The molecule has 5 nitrogen and oxygen atoms in total. The Morgan fingerprint density at radius 3 is 2.28 bits per heavy atom. The molecule has 0 unspecified atom stereocenters. The summed E-state index contributed by atoms with van der Waals surface area (Å²) in [6.45, 7) is 1.16. The molecule has 2 aromatic heterocycles. The number of para-hydroxylation sites is 2. The lowest BCUT2D eigenvalue weighted by molar-refractivity contribution is 0.301. The first-order valence-electron chi connectivity index (χ1n) is 9.59. The number of nitrogens with two attached hydrogens (primary N) is 1. The molecule has 0 amide bonds. The monoisotopic (exact) mass is 380 g/mol. The summed E-state index contributed by atoms with van der Waals surface area (Å²) in [4.78, 5) is 9.43. The van der Waals surface area contributed by atoms with E-state index in [4.69, 9.17) is 15.5 Å². The zero-order valence-electron chi connectivity index (χ0n) is 15.8. The summed E-state index contributed by atoms with van der Waals surface area (Å²) >= 11 is 0. The van der Waals surface area contributed by atoms with Crippen molar-refractivity contribution in [3.8, 4) is 17.1 Å². The van der Waals surface area contributed by atoms with Crippen molar-refractivity contribution in [2.24, 2.45) is 0 Å². The third-order valence-corrected chi connectivity index (χ3v) is 4.97. The fourth-order valence-electron chi connectivity index (χ4n) is 3.66. The second-order valence-electron chi connectivity index (χ2n) is 6.83. The Morgan fingerprint density at radius 1 is 0.793 bits per heavy atom. The average molecular weight is 380 g/mol. The molecule has 142 valence electrons. The molecular formula is C24H20N4O. The van der Waals surface area contributed by atoms with Gasteiger partial charge in [-0.1, -0.05) is 66.7 Å². The lowest BCUT2D eigenvalue weighted by Crippen LogP contribution is -2.10. The van der Waals surface area contributed by atoms with E-state index < -0.39 is 0 Å². The highest BCUT2D eigenvalue weighted by molar-refractivity contribution is 6.07. The first-order valence-corrected chi connectivity index (χ1v) is 9.59. The number of benzene rings is 3. The molecule has 0 atom stereocenters. The van der Waals surface area contributed by atoms with Gasteiger partial charge >= 0.3 is 0 Å². The van der Waals surface area contributed by atoms with Gasteiger partial charge in [-0.2, -0.15) is 0 Å². The first-order chi connectivity index (χ1) is 14.3. The van der Waals surface area contributed by atoms with Crippen LogP contribution in [0.5, 0.6) is 5.75 Å². The first kappa shape index (κ1) is 17.3. The van der Waals surface area contributed by atoms with Gasteiger partial charge in [-0.3, -0.25) is 0 Å². The Bertz CT molecular complexity index is 1280. The molecule has 0 aliphatic rings. The molecular weight excluding hydrogens is 360 g/mol. The minimum atomic E-state index is 0.443. The van der Waals surface area contributed by atoms with Gasteiger partial charge in [0.2, 0.25) is 0 Å². The quantitative estimate of drug-likeness (QED) is 0.470. The maximum atomic E-state index is 6.28. The number of hydrogen-bond acceptors (Lipinski definition) is 4. The predicted octanol–water partition coefficient (Wildman–Crippen LogP) is 4.91. The molecule has 2 heterocycles. The number of nitrogens with zero attached hydrogens (tertiary/aromatic N) is 3. The summed E-state index contributed by atoms with van der Waals surface area (Å²) in [6.07, 6.45) is 0. The largest absolute Gasteiger partial charge is 0.492 e. The number of imidazole rings is 1. The van der Waals surface area contributed by atoms with Crippen molar-refractivity contribution in [1.29, 1.82) is 0 Å². The van der Waals surface area contributed by atoms with Crippen LogP contribution >= 0.6 is 0 Å². The molecule has 0 radical (unpaired) electrons. The van der Waals surface area contributed by atoms with Crippen LogP contribution in [-0.4, -0.2) is 21.1 Å². The molecule has 0 aliphatic heterocycles. The summed E-state index contributed by atoms with van der Waals surface area (Å²) in [5.74, 6) is 2.16. The molecule has 2 N–H and O–H groups in total. The van der Waals surface area contributed by atoms with Gasteiger partial charge in [0.1, 0.15) is 23.7 Å². The van der Waals surface area contributed by atoms with Crippen molar-refractivity contribution < 1.29 is 4.74 Å². The Kier molecular flexibility index (Phi) is 4.33. The van der Waals surface area contributed by atoms with Crippen molar-refractivity contribution in [3.05, 3.63) is 84.9 Å². The van der Waals surface area contributed by atoms with Crippen molar-refractivity contribution in [2.75, 3.05) is 12.3 Å². The summed E-state index contributed by atoms with van der Waals surface area (Å²) in [7, 11) is 0. The molecule has 0 aliphatic carbocycles. The lowest BCUT2D eigenvalue weighted by Gasteiger charge is -2.12. The number of ether oxygens (including phenoxy) is 1. The van der Waals surface area contributed by atoms with Crippen molar-refractivity contribution in [2.45, 2.75) is 6.54 Å².